The molecule has 0 unspecified atom stereocenters. The van der Waals surface area contributed by atoms with Gasteiger partial charge in [0.15, 0.2) is 0 Å². The number of alkyl halides is 1. The molecule has 1 fully saturated rings. The van der Waals surface area contributed by atoms with Gasteiger partial charge < -0.3 is 5.32 Å². The quantitative estimate of drug-likeness (QED) is 0.844. The highest BCUT2D eigenvalue weighted by Gasteiger charge is 2.31. The Bertz CT molecular complexity index is 375. The number of piperidine rings is 1. The van der Waals surface area contributed by atoms with Gasteiger partial charge in [-0.05, 0) is 43.6 Å². The second-order valence-corrected chi connectivity index (χ2v) is 4.73. The number of halogens is 3. The molecule has 88 valence electrons. The van der Waals surface area contributed by atoms with Crippen LogP contribution in [-0.4, -0.2) is 18.8 Å². The molecular formula is C12H14ClF2N. The first-order valence-corrected chi connectivity index (χ1v) is 5.80. The third-order valence-electron chi connectivity index (χ3n) is 3.00. The molecule has 16 heavy (non-hydrogen) atoms. The molecule has 0 saturated carbocycles. The fourth-order valence-corrected chi connectivity index (χ4v) is 2.27. The number of rotatable bonds is 2. The van der Waals surface area contributed by atoms with Crippen molar-refractivity contribution in [3.63, 3.8) is 0 Å². The van der Waals surface area contributed by atoms with E-state index in [0.29, 0.717) is 32.4 Å². The first-order chi connectivity index (χ1) is 7.59. The van der Waals surface area contributed by atoms with Gasteiger partial charge in [0.2, 0.25) is 0 Å². The minimum absolute atomic E-state index is 0.0648. The normalized spacial score (nSPS) is 19.7. The molecule has 1 aliphatic rings. The number of hydrogen-bond acceptors (Lipinski definition) is 1. The van der Waals surface area contributed by atoms with Gasteiger partial charge in [-0.15, -0.1) is 0 Å². The molecule has 0 radical (unpaired) electrons. The van der Waals surface area contributed by atoms with Crippen LogP contribution >= 0.6 is 11.6 Å². The summed E-state index contributed by atoms with van der Waals surface area (Å²) in [5.74, 6) is -0.455. The van der Waals surface area contributed by atoms with Crippen LogP contribution in [0.2, 0.25) is 5.02 Å². The van der Waals surface area contributed by atoms with Gasteiger partial charge in [-0.2, -0.15) is 0 Å². The van der Waals surface area contributed by atoms with Crippen LogP contribution in [0.25, 0.3) is 0 Å². The number of hydrogen-bond donors (Lipinski definition) is 1. The van der Waals surface area contributed by atoms with E-state index in [1.807, 2.05) is 0 Å². The first-order valence-electron chi connectivity index (χ1n) is 5.43. The van der Waals surface area contributed by atoms with Gasteiger partial charge in [-0.3, -0.25) is 0 Å². The third kappa shape index (κ3) is 2.71. The standard InChI is InChI=1S/C12H14ClF2N/c13-10-7-9(1-2-11(10)14)8-12(15)3-5-16-6-4-12/h1-2,7,16H,3-6,8H2. The molecule has 0 amide bonds. The molecule has 1 heterocycles. The van der Waals surface area contributed by atoms with Crippen molar-refractivity contribution in [1.29, 1.82) is 0 Å². The highest BCUT2D eigenvalue weighted by molar-refractivity contribution is 6.30. The van der Waals surface area contributed by atoms with E-state index in [0.717, 1.165) is 5.56 Å². The Morgan fingerprint density at radius 2 is 2.00 bits per heavy atom. The smallest absolute Gasteiger partial charge is 0.141 e. The van der Waals surface area contributed by atoms with Crippen molar-refractivity contribution in [3.8, 4) is 0 Å². The second kappa shape index (κ2) is 4.68. The minimum Gasteiger partial charge on any atom is -0.316 e. The number of benzene rings is 1. The first kappa shape index (κ1) is 11.8. The van der Waals surface area contributed by atoms with Crippen molar-refractivity contribution < 1.29 is 8.78 Å². The molecule has 1 N–H and O–H groups in total. The van der Waals surface area contributed by atoms with Crippen molar-refractivity contribution in [1.82, 2.24) is 5.32 Å². The fourth-order valence-electron chi connectivity index (χ4n) is 2.07. The maximum absolute atomic E-state index is 14.3. The largest absolute Gasteiger partial charge is 0.316 e. The van der Waals surface area contributed by atoms with Crippen molar-refractivity contribution in [2.45, 2.75) is 24.9 Å². The fraction of sp³-hybridized carbons (Fsp3) is 0.500. The zero-order valence-electron chi connectivity index (χ0n) is 8.90. The van der Waals surface area contributed by atoms with Gasteiger partial charge in [-0.25, -0.2) is 8.78 Å². The van der Waals surface area contributed by atoms with E-state index in [1.165, 1.54) is 12.1 Å². The molecule has 1 aliphatic heterocycles. The van der Waals surface area contributed by atoms with E-state index in [9.17, 15) is 8.78 Å². The molecular weight excluding hydrogens is 232 g/mol. The van der Waals surface area contributed by atoms with E-state index < -0.39 is 11.5 Å². The molecule has 2 rings (SSSR count). The lowest BCUT2D eigenvalue weighted by Crippen LogP contribution is -2.40. The van der Waals surface area contributed by atoms with E-state index in [2.05, 4.69) is 5.32 Å². The van der Waals surface area contributed by atoms with Gasteiger partial charge in [0, 0.05) is 6.42 Å². The van der Waals surface area contributed by atoms with E-state index in [1.54, 1.807) is 6.07 Å². The summed E-state index contributed by atoms with van der Waals surface area (Å²) in [5, 5.41) is 3.18. The molecule has 0 aromatic heterocycles. The molecule has 0 atom stereocenters. The SMILES string of the molecule is Fc1ccc(CC2(F)CCNCC2)cc1Cl. The summed E-state index contributed by atoms with van der Waals surface area (Å²) >= 11 is 5.67. The maximum Gasteiger partial charge on any atom is 0.141 e. The van der Waals surface area contributed by atoms with Crippen molar-refractivity contribution >= 4 is 11.6 Å². The van der Waals surface area contributed by atoms with Gasteiger partial charge in [-0.1, -0.05) is 17.7 Å². The topological polar surface area (TPSA) is 12.0 Å². The summed E-state index contributed by atoms with van der Waals surface area (Å²) in [7, 11) is 0. The summed E-state index contributed by atoms with van der Waals surface area (Å²) in [6.07, 6.45) is 1.32. The Hall–Kier alpha value is -0.670. The van der Waals surface area contributed by atoms with Crippen LogP contribution in [0.15, 0.2) is 18.2 Å². The van der Waals surface area contributed by atoms with Crippen LogP contribution in [0.3, 0.4) is 0 Å². The Labute approximate surface area is 98.8 Å². The molecule has 0 spiro atoms. The van der Waals surface area contributed by atoms with Crippen LogP contribution < -0.4 is 5.32 Å². The third-order valence-corrected chi connectivity index (χ3v) is 3.29. The lowest BCUT2D eigenvalue weighted by atomic mass is 9.88. The Morgan fingerprint density at radius 1 is 1.31 bits per heavy atom. The van der Waals surface area contributed by atoms with Gasteiger partial charge >= 0.3 is 0 Å². The lowest BCUT2D eigenvalue weighted by Gasteiger charge is -2.30. The van der Waals surface area contributed by atoms with Crippen LogP contribution in [0.4, 0.5) is 8.78 Å². The molecule has 1 saturated heterocycles. The lowest BCUT2D eigenvalue weighted by molar-refractivity contribution is 0.116. The molecule has 1 aromatic rings. The summed E-state index contributed by atoms with van der Waals surface area (Å²) in [4.78, 5) is 0. The Morgan fingerprint density at radius 3 is 2.62 bits per heavy atom. The maximum atomic E-state index is 14.3. The molecule has 0 aliphatic carbocycles. The van der Waals surface area contributed by atoms with E-state index in [-0.39, 0.29) is 5.02 Å². The second-order valence-electron chi connectivity index (χ2n) is 4.33. The molecule has 1 aromatic carbocycles. The van der Waals surface area contributed by atoms with Crippen molar-refractivity contribution in [2.24, 2.45) is 0 Å². The van der Waals surface area contributed by atoms with Crippen LogP contribution in [0.1, 0.15) is 18.4 Å². The minimum atomic E-state index is -1.17. The Balaban J connectivity index is 2.10. The summed E-state index contributed by atoms with van der Waals surface area (Å²) < 4.78 is 27.3. The van der Waals surface area contributed by atoms with Gasteiger partial charge in [0.1, 0.15) is 11.5 Å². The number of nitrogens with one attached hydrogen (secondary N) is 1. The van der Waals surface area contributed by atoms with Crippen LogP contribution in [0.5, 0.6) is 0 Å². The van der Waals surface area contributed by atoms with Gasteiger partial charge in [0.25, 0.3) is 0 Å². The highest BCUT2D eigenvalue weighted by atomic mass is 35.5. The molecule has 4 heteroatoms. The van der Waals surface area contributed by atoms with Crippen LogP contribution in [0, 0.1) is 5.82 Å². The van der Waals surface area contributed by atoms with Crippen molar-refractivity contribution in [2.75, 3.05) is 13.1 Å². The summed E-state index contributed by atoms with van der Waals surface area (Å²) in [6, 6.07) is 4.41. The molecule has 0 bridgehead atoms. The predicted molar refractivity (Wildman–Crippen MR) is 61.1 cm³/mol. The Kier molecular flexibility index (Phi) is 3.45. The highest BCUT2D eigenvalue weighted by Crippen LogP contribution is 2.29. The van der Waals surface area contributed by atoms with Crippen molar-refractivity contribution in [3.05, 3.63) is 34.6 Å². The monoisotopic (exact) mass is 245 g/mol. The van der Waals surface area contributed by atoms with E-state index in [4.69, 9.17) is 11.6 Å². The van der Waals surface area contributed by atoms with Gasteiger partial charge in [0.05, 0.1) is 5.02 Å². The molecule has 1 nitrogen and oxygen atoms in total. The average Bonchev–Trinajstić information content (AvgIpc) is 2.24. The van der Waals surface area contributed by atoms with Crippen LogP contribution in [-0.2, 0) is 6.42 Å². The zero-order valence-corrected chi connectivity index (χ0v) is 9.66. The summed E-state index contributed by atoms with van der Waals surface area (Å²) in [6.45, 7) is 1.40. The van der Waals surface area contributed by atoms with E-state index >= 15 is 0 Å². The predicted octanol–water partition coefficient (Wildman–Crippen LogP) is 3.11. The average molecular weight is 246 g/mol. The zero-order chi connectivity index (χ0) is 11.6. The summed E-state index contributed by atoms with van der Waals surface area (Å²) in [5.41, 5.74) is -0.414.